The maximum Gasteiger partial charge on any atom is 0.275 e. The first-order chi connectivity index (χ1) is 9.11. The minimum absolute atomic E-state index is 0.0283. The normalized spacial score (nSPS) is 10.2. The van der Waals surface area contributed by atoms with Gasteiger partial charge in [-0.25, -0.2) is 5.48 Å². The van der Waals surface area contributed by atoms with Crippen molar-refractivity contribution in [2.75, 3.05) is 0 Å². The summed E-state index contributed by atoms with van der Waals surface area (Å²) >= 11 is 5.99. The van der Waals surface area contributed by atoms with Gasteiger partial charge in [0, 0.05) is 22.2 Å². The molecule has 2 aromatic rings. The second-order valence-electron chi connectivity index (χ2n) is 3.57. The molecule has 0 radical (unpaired) electrons. The first-order valence-electron chi connectivity index (χ1n) is 5.21. The van der Waals surface area contributed by atoms with Crippen LogP contribution in [0.2, 0.25) is 5.02 Å². The van der Waals surface area contributed by atoms with Crippen LogP contribution in [0.25, 0.3) is 0 Å². The van der Waals surface area contributed by atoms with Gasteiger partial charge >= 0.3 is 0 Å². The van der Waals surface area contributed by atoms with E-state index in [1.54, 1.807) is 12.1 Å². The van der Waals surface area contributed by atoms with E-state index in [4.69, 9.17) is 26.8 Å². The Labute approximate surface area is 112 Å². The lowest BCUT2D eigenvalue weighted by Crippen LogP contribution is -2.21. The maximum absolute atomic E-state index is 11.5. The summed E-state index contributed by atoms with van der Waals surface area (Å²) in [5, 5.41) is 21.6. The Morgan fingerprint density at radius 1 is 1.47 bits per heavy atom. The third kappa shape index (κ3) is 2.95. The molecule has 0 fully saturated rings. The SMILES string of the molecule is O=C(NO)c1cccc(Cl)c1COc1ccn(O)n1. The summed E-state index contributed by atoms with van der Waals surface area (Å²) in [7, 11) is 0. The molecule has 0 aliphatic heterocycles. The number of rotatable bonds is 4. The van der Waals surface area contributed by atoms with Gasteiger partial charge in [-0.3, -0.25) is 10.0 Å². The summed E-state index contributed by atoms with van der Waals surface area (Å²) in [5.74, 6) is -0.508. The number of ether oxygens (including phenoxy) is 1. The van der Waals surface area contributed by atoms with E-state index in [0.717, 1.165) is 0 Å². The molecule has 0 spiro atoms. The molecule has 7 nitrogen and oxygen atoms in total. The number of carbonyl (C=O) groups is 1. The van der Waals surface area contributed by atoms with Crippen LogP contribution in [0.1, 0.15) is 15.9 Å². The first-order valence-corrected chi connectivity index (χ1v) is 5.59. The number of nitrogens with one attached hydrogen (secondary N) is 1. The third-order valence-electron chi connectivity index (χ3n) is 2.38. The summed E-state index contributed by atoms with van der Waals surface area (Å²) in [6.45, 7) is -0.0283. The highest BCUT2D eigenvalue weighted by Gasteiger charge is 2.14. The van der Waals surface area contributed by atoms with E-state index in [1.165, 1.54) is 23.8 Å². The Kier molecular flexibility index (Phi) is 3.88. The molecule has 2 rings (SSSR count). The lowest BCUT2D eigenvalue weighted by Gasteiger charge is -2.10. The molecular formula is C11H10ClN3O4. The number of hydrogen-bond acceptors (Lipinski definition) is 5. The average Bonchev–Trinajstić information content (AvgIpc) is 2.82. The predicted molar refractivity (Wildman–Crippen MR) is 64.4 cm³/mol. The van der Waals surface area contributed by atoms with E-state index in [1.807, 2.05) is 0 Å². The Morgan fingerprint density at radius 3 is 2.89 bits per heavy atom. The molecule has 3 N–H and O–H groups in total. The number of nitrogens with zero attached hydrogens (tertiary/aromatic N) is 2. The quantitative estimate of drug-likeness (QED) is 0.448. The standard InChI is InChI=1S/C11H10ClN3O4/c12-9-3-1-2-7(11(16)14-17)8(9)6-19-10-4-5-15(18)13-10/h1-5,17-18H,6H2,(H,14,16). The molecule has 0 saturated heterocycles. The first kappa shape index (κ1) is 13.2. The molecule has 1 heterocycles. The molecule has 0 atom stereocenters. The Hall–Kier alpha value is -2.25. The minimum atomic E-state index is -0.686. The zero-order valence-electron chi connectivity index (χ0n) is 9.58. The van der Waals surface area contributed by atoms with Gasteiger partial charge in [-0.15, -0.1) is 4.85 Å². The minimum Gasteiger partial charge on any atom is -0.472 e. The van der Waals surface area contributed by atoms with E-state index in [2.05, 4.69) is 5.10 Å². The molecule has 1 amide bonds. The molecular weight excluding hydrogens is 274 g/mol. The number of hydroxylamine groups is 1. The lowest BCUT2D eigenvalue weighted by molar-refractivity contribution is 0.0703. The van der Waals surface area contributed by atoms with Crippen molar-refractivity contribution in [1.82, 2.24) is 15.4 Å². The van der Waals surface area contributed by atoms with Crippen LogP contribution in [-0.4, -0.2) is 26.3 Å². The smallest absolute Gasteiger partial charge is 0.275 e. The van der Waals surface area contributed by atoms with E-state index in [-0.39, 0.29) is 18.1 Å². The van der Waals surface area contributed by atoms with Crippen molar-refractivity contribution < 1.29 is 19.9 Å². The maximum atomic E-state index is 11.5. The largest absolute Gasteiger partial charge is 0.472 e. The van der Waals surface area contributed by atoms with Crippen molar-refractivity contribution in [3.8, 4) is 5.88 Å². The highest BCUT2D eigenvalue weighted by molar-refractivity contribution is 6.31. The number of carbonyl (C=O) groups excluding carboxylic acids is 1. The van der Waals surface area contributed by atoms with E-state index in [9.17, 15) is 4.79 Å². The molecule has 1 aromatic heterocycles. The molecule has 0 saturated carbocycles. The van der Waals surface area contributed by atoms with Crippen LogP contribution in [0, 0.1) is 0 Å². The molecule has 0 unspecified atom stereocenters. The van der Waals surface area contributed by atoms with Gasteiger partial charge in [-0.2, -0.15) is 0 Å². The monoisotopic (exact) mass is 283 g/mol. The second-order valence-corrected chi connectivity index (χ2v) is 3.98. The van der Waals surface area contributed by atoms with Gasteiger partial charge in [-0.05, 0) is 12.1 Å². The summed E-state index contributed by atoms with van der Waals surface area (Å²) in [5.41, 5.74) is 2.14. The fourth-order valence-corrected chi connectivity index (χ4v) is 1.73. The van der Waals surface area contributed by atoms with Crippen molar-refractivity contribution >= 4 is 17.5 Å². The number of hydrogen-bond donors (Lipinski definition) is 3. The van der Waals surface area contributed by atoms with Crippen LogP contribution < -0.4 is 10.2 Å². The topological polar surface area (TPSA) is 96.6 Å². The van der Waals surface area contributed by atoms with Crippen LogP contribution in [-0.2, 0) is 6.61 Å². The lowest BCUT2D eigenvalue weighted by atomic mass is 10.1. The number of halogens is 1. The number of aromatic nitrogens is 2. The number of benzene rings is 1. The predicted octanol–water partition coefficient (Wildman–Crippen LogP) is 1.47. The van der Waals surface area contributed by atoms with Gasteiger partial charge in [0.1, 0.15) is 6.61 Å². The van der Waals surface area contributed by atoms with E-state index >= 15 is 0 Å². The van der Waals surface area contributed by atoms with Gasteiger partial charge in [0.2, 0.25) is 5.88 Å². The average molecular weight is 284 g/mol. The van der Waals surface area contributed by atoms with Gasteiger partial charge < -0.3 is 9.94 Å². The van der Waals surface area contributed by atoms with Crippen molar-refractivity contribution in [3.05, 3.63) is 46.6 Å². The van der Waals surface area contributed by atoms with Crippen LogP contribution in [0.15, 0.2) is 30.5 Å². The van der Waals surface area contributed by atoms with Crippen molar-refractivity contribution in [2.24, 2.45) is 0 Å². The zero-order chi connectivity index (χ0) is 13.8. The van der Waals surface area contributed by atoms with Crippen LogP contribution in [0.3, 0.4) is 0 Å². The van der Waals surface area contributed by atoms with Crippen molar-refractivity contribution in [3.63, 3.8) is 0 Å². The van der Waals surface area contributed by atoms with Gasteiger partial charge in [0.25, 0.3) is 5.91 Å². The third-order valence-corrected chi connectivity index (χ3v) is 2.73. The van der Waals surface area contributed by atoms with Crippen molar-refractivity contribution in [2.45, 2.75) is 6.61 Å². The van der Waals surface area contributed by atoms with Crippen LogP contribution in [0.5, 0.6) is 5.88 Å². The summed E-state index contributed by atoms with van der Waals surface area (Å²) in [4.78, 5) is 12.1. The fraction of sp³-hybridized carbons (Fsp3) is 0.0909. The molecule has 1 aromatic carbocycles. The highest BCUT2D eigenvalue weighted by atomic mass is 35.5. The van der Waals surface area contributed by atoms with Crippen molar-refractivity contribution in [1.29, 1.82) is 0 Å². The van der Waals surface area contributed by atoms with Crippen LogP contribution in [0.4, 0.5) is 0 Å². The Bertz CT molecular complexity index is 599. The Morgan fingerprint density at radius 2 is 2.26 bits per heavy atom. The second kappa shape index (κ2) is 5.59. The Balaban J connectivity index is 2.21. The fourth-order valence-electron chi connectivity index (χ4n) is 1.50. The molecule has 0 aliphatic rings. The number of amides is 1. The van der Waals surface area contributed by atoms with Gasteiger partial charge in [0.15, 0.2) is 0 Å². The summed E-state index contributed by atoms with van der Waals surface area (Å²) < 4.78 is 5.29. The molecule has 0 bridgehead atoms. The highest BCUT2D eigenvalue weighted by Crippen LogP contribution is 2.22. The van der Waals surface area contributed by atoms with Gasteiger partial charge in [-0.1, -0.05) is 22.8 Å². The van der Waals surface area contributed by atoms with E-state index < -0.39 is 5.91 Å². The van der Waals surface area contributed by atoms with Gasteiger partial charge in [0.05, 0.1) is 6.20 Å². The summed E-state index contributed by atoms with van der Waals surface area (Å²) in [6, 6.07) is 6.13. The van der Waals surface area contributed by atoms with Crippen LogP contribution >= 0.6 is 11.6 Å². The summed E-state index contributed by atoms with van der Waals surface area (Å²) in [6.07, 6.45) is 1.29. The molecule has 0 aliphatic carbocycles. The molecule has 100 valence electrons. The molecule has 19 heavy (non-hydrogen) atoms. The molecule has 8 heteroatoms. The zero-order valence-corrected chi connectivity index (χ0v) is 10.3. The van der Waals surface area contributed by atoms with E-state index in [0.29, 0.717) is 15.4 Å².